The topological polar surface area (TPSA) is 31.9 Å². The van der Waals surface area contributed by atoms with Crippen molar-refractivity contribution < 1.29 is 13.2 Å². The molecule has 1 atom stereocenters. The number of aromatic nitrogens is 2. The van der Waals surface area contributed by atoms with Gasteiger partial charge in [0.2, 0.25) is 0 Å². The van der Waals surface area contributed by atoms with Crippen molar-refractivity contribution in [3.05, 3.63) is 65.5 Å². The van der Waals surface area contributed by atoms with Gasteiger partial charge < -0.3 is 4.98 Å². The SMILES string of the molecule is FC(F)(F)c1cccc(CN2CCC[C@@H](c3nc4ccccc4[nH]3)C2)c1. The monoisotopic (exact) mass is 359 g/mol. The molecule has 1 N–H and O–H groups in total. The summed E-state index contributed by atoms with van der Waals surface area (Å²) in [5.41, 5.74) is 2.10. The van der Waals surface area contributed by atoms with Gasteiger partial charge in [0.05, 0.1) is 16.6 Å². The van der Waals surface area contributed by atoms with E-state index in [0.29, 0.717) is 12.1 Å². The molecule has 0 amide bonds. The van der Waals surface area contributed by atoms with Gasteiger partial charge in [0.1, 0.15) is 5.82 Å². The number of hydrogen-bond donors (Lipinski definition) is 1. The Morgan fingerprint density at radius 2 is 1.96 bits per heavy atom. The van der Waals surface area contributed by atoms with Crippen LogP contribution < -0.4 is 0 Å². The van der Waals surface area contributed by atoms with Gasteiger partial charge in [-0.05, 0) is 43.1 Å². The number of imidazole rings is 1. The number of rotatable bonds is 3. The lowest BCUT2D eigenvalue weighted by Crippen LogP contribution is -2.34. The summed E-state index contributed by atoms with van der Waals surface area (Å²) < 4.78 is 38.7. The number of piperidine rings is 1. The highest BCUT2D eigenvalue weighted by Crippen LogP contribution is 2.31. The quantitative estimate of drug-likeness (QED) is 0.717. The van der Waals surface area contributed by atoms with Crippen molar-refractivity contribution in [1.29, 1.82) is 0 Å². The molecular weight excluding hydrogens is 339 g/mol. The van der Waals surface area contributed by atoms with Crippen LogP contribution in [0.5, 0.6) is 0 Å². The molecule has 0 aliphatic carbocycles. The van der Waals surface area contributed by atoms with Gasteiger partial charge in [-0.3, -0.25) is 4.90 Å². The van der Waals surface area contributed by atoms with Gasteiger partial charge in [-0.25, -0.2) is 4.98 Å². The fourth-order valence-electron chi connectivity index (χ4n) is 3.69. The van der Waals surface area contributed by atoms with E-state index < -0.39 is 11.7 Å². The maximum Gasteiger partial charge on any atom is 0.416 e. The lowest BCUT2D eigenvalue weighted by Gasteiger charge is -2.32. The van der Waals surface area contributed by atoms with Gasteiger partial charge in [0.25, 0.3) is 0 Å². The normalized spacial score (nSPS) is 19.1. The average Bonchev–Trinajstić information content (AvgIpc) is 3.06. The standard InChI is InChI=1S/C20H20F3N3/c21-20(22,23)16-7-3-5-14(11-16)12-26-10-4-6-15(13-26)19-24-17-8-1-2-9-18(17)25-19/h1-3,5,7-9,11,15H,4,6,10,12-13H2,(H,24,25)/t15-/m1/s1. The van der Waals surface area contributed by atoms with E-state index >= 15 is 0 Å². The van der Waals surface area contributed by atoms with E-state index in [-0.39, 0.29) is 5.92 Å². The predicted octanol–water partition coefficient (Wildman–Crippen LogP) is 4.96. The zero-order valence-electron chi connectivity index (χ0n) is 14.3. The molecule has 1 aliphatic heterocycles. The van der Waals surface area contributed by atoms with Crippen LogP contribution in [0, 0.1) is 0 Å². The minimum absolute atomic E-state index is 0.280. The van der Waals surface area contributed by atoms with Crippen LogP contribution >= 0.6 is 0 Å². The summed E-state index contributed by atoms with van der Waals surface area (Å²) >= 11 is 0. The molecule has 26 heavy (non-hydrogen) atoms. The third-order valence-corrected chi connectivity index (χ3v) is 4.96. The molecule has 136 valence electrons. The minimum atomic E-state index is -4.30. The van der Waals surface area contributed by atoms with E-state index in [1.165, 1.54) is 12.1 Å². The number of para-hydroxylation sites is 2. The molecule has 0 unspecified atom stereocenters. The molecule has 3 aromatic rings. The van der Waals surface area contributed by atoms with Gasteiger partial charge in [0.15, 0.2) is 0 Å². The second-order valence-electron chi connectivity index (χ2n) is 6.91. The Morgan fingerprint density at radius 3 is 2.77 bits per heavy atom. The summed E-state index contributed by atoms with van der Waals surface area (Å²) in [7, 11) is 0. The summed E-state index contributed by atoms with van der Waals surface area (Å²) in [5.74, 6) is 1.25. The first kappa shape index (κ1) is 17.1. The van der Waals surface area contributed by atoms with Crippen molar-refractivity contribution in [2.45, 2.75) is 31.5 Å². The van der Waals surface area contributed by atoms with Crippen molar-refractivity contribution in [2.24, 2.45) is 0 Å². The molecule has 0 saturated carbocycles. The van der Waals surface area contributed by atoms with Crippen LogP contribution in [0.4, 0.5) is 13.2 Å². The van der Waals surface area contributed by atoms with Gasteiger partial charge in [-0.2, -0.15) is 13.2 Å². The Kier molecular flexibility index (Phi) is 4.44. The number of aromatic amines is 1. The molecule has 2 heterocycles. The van der Waals surface area contributed by atoms with Gasteiger partial charge in [-0.1, -0.05) is 30.3 Å². The highest BCUT2D eigenvalue weighted by atomic mass is 19.4. The molecule has 2 aromatic carbocycles. The van der Waals surface area contributed by atoms with Crippen LogP contribution in [0.3, 0.4) is 0 Å². The Bertz CT molecular complexity index is 867. The van der Waals surface area contributed by atoms with Crippen LogP contribution in [0.1, 0.15) is 35.7 Å². The highest BCUT2D eigenvalue weighted by Gasteiger charge is 2.30. The first-order chi connectivity index (χ1) is 12.5. The Balaban J connectivity index is 1.48. The number of hydrogen-bond acceptors (Lipinski definition) is 2. The largest absolute Gasteiger partial charge is 0.416 e. The summed E-state index contributed by atoms with van der Waals surface area (Å²) in [6.07, 6.45) is -2.24. The first-order valence-corrected chi connectivity index (χ1v) is 8.82. The molecule has 1 aliphatic rings. The fraction of sp³-hybridized carbons (Fsp3) is 0.350. The first-order valence-electron chi connectivity index (χ1n) is 8.82. The second-order valence-corrected chi connectivity index (χ2v) is 6.91. The Morgan fingerprint density at radius 1 is 1.12 bits per heavy atom. The molecule has 0 spiro atoms. The van der Waals surface area contributed by atoms with Gasteiger partial charge in [0, 0.05) is 19.0 Å². The summed E-state index contributed by atoms with van der Waals surface area (Å²) in [5, 5.41) is 0. The van der Waals surface area contributed by atoms with Crippen LogP contribution in [-0.4, -0.2) is 28.0 Å². The number of nitrogens with zero attached hydrogens (tertiary/aromatic N) is 2. The lowest BCUT2D eigenvalue weighted by molar-refractivity contribution is -0.137. The number of likely N-dealkylation sites (tertiary alicyclic amines) is 1. The molecule has 4 rings (SSSR count). The number of H-pyrrole nitrogens is 1. The van der Waals surface area contributed by atoms with E-state index in [1.807, 2.05) is 24.3 Å². The van der Waals surface area contributed by atoms with E-state index in [2.05, 4.69) is 9.88 Å². The maximum absolute atomic E-state index is 12.9. The molecule has 1 aromatic heterocycles. The van der Waals surface area contributed by atoms with Crippen molar-refractivity contribution >= 4 is 11.0 Å². The zero-order chi connectivity index (χ0) is 18.1. The lowest BCUT2D eigenvalue weighted by atomic mass is 9.96. The summed E-state index contributed by atoms with van der Waals surface area (Å²) in [6.45, 7) is 2.23. The molecular formula is C20H20F3N3. The number of halogens is 3. The van der Waals surface area contributed by atoms with E-state index in [1.54, 1.807) is 6.07 Å². The predicted molar refractivity (Wildman–Crippen MR) is 94.8 cm³/mol. The third-order valence-electron chi connectivity index (χ3n) is 4.96. The zero-order valence-corrected chi connectivity index (χ0v) is 14.3. The smallest absolute Gasteiger partial charge is 0.342 e. The van der Waals surface area contributed by atoms with Crippen molar-refractivity contribution in [3.63, 3.8) is 0 Å². The average molecular weight is 359 g/mol. The maximum atomic E-state index is 12.9. The molecule has 1 fully saturated rings. The fourth-order valence-corrected chi connectivity index (χ4v) is 3.69. The Labute approximate surface area is 149 Å². The van der Waals surface area contributed by atoms with E-state index in [9.17, 15) is 13.2 Å². The molecule has 1 saturated heterocycles. The van der Waals surface area contributed by atoms with Crippen LogP contribution in [0.15, 0.2) is 48.5 Å². The van der Waals surface area contributed by atoms with Crippen molar-refractivity contribution in [2.75, 3.05) is 13.1 Å². The molecule has 0 radical (unpaired) electrons. The number of fused-ring (bicyclic) bond motifs is 1. The van der Waals surface area contributed by atoms with Crippen LogP contribution in [-0.2, 0) is 12.7 Å². The molecule has 0 bridgehead atoms. The van der Waals surface area contributed by atoms with Crippen molar-refractivity contribution in [3.8, 4) is 0 Å². The summed E-state index contributed by atoms with van der Waals surface area (Å²) in [4.78, 5) is 10.3. The number of alkyl halides is 3. The summed E-state index contributed by atoms with van der Waals surface area (Å²) in [6, 6.07) is 13.6. The third kappa shape index (κ3) is 3.60. The van der Waals surface area contributed by atoms with E-state index in [0.717, 1.165) is 48.9 Å². The van der Waals surface area contributed by atoms with E-state index in [4.69, 9.17) is 4.98 Å². The molecule has 6 heteroatoms. The number of benzene rings is 2. The van der Waals surface area contributed by atoms with Gasteiger partial charge in [-0.15, -0.1) is 0 Å². The van der Waals surface area contributed by atoms with Gasteiger partial charge >= 0.3 is 6.18 Å². The Hall–Kier alpha value is -2.34. The van der Waals surface area contributed by atoms with Crippen molar-refractivity contribution in [1.82, 2.24) is 14.9 Å². The minimum Gasteiger partial charge on any atom is -0.342 e. The molecule has 3 nitrogen and oxygen atoms in total. The second kappa shape index (κ2) is 6.76. The van der Waals surface area contributed by atoms with Crippen LogP contribution in [0.2, 0.25) is 0 Å². The number of nitrogens with one attached hydrogen (secondary N) is 1. The highest BCUT2D eigenvalue weighted by molar-refractivity contribution is 5.74. The van der Waals surface area contributed by atoms with Crippen LogP contribution in [0.25, 0.3) is 11.0 Å².